The number of carbonyl (C=O) groups is 3. The summed E-state index contributed by atoms with van der Waals surface area (Å²) < 4.78 is 2.05. The number of hydrogen-bond acceptors (Lipinski definition) is 8. The highest BCUT2D eigenvalue weighted by Gasteiger charge is 2.55. The first-order valence-corrected chi connectivity index (χ1v) is 12.0. The predicted octanol–water partition coefficient (Wildman–Crippen LogP) is -0.893. The zero-order valence-electron chi connectivity index (χ0n) is 21.2. The van der Waals surface area contributed by atoms with E-state index in [-0.39, 0.29) is 38.9 Å². The lowest BCUT2D eigenvalue weighted by Gasteiger charge is -2.43. The van der Waals surface area contributed by atoms with E-state index in [1.165, 1.54) is 6.08 Å². The first-order valence-electron chi connectivity index (χ1n) is 12.0. The molecule has 13 nitrogen and oxygen atoms in total. The number of aliphatic hydroxyl groups is 2. The van der Waals surface area contributed by atoms with E-state index in [2.05, 4.69) is 6.58 Å². The van der Waals surface area contributed by atoms with E-state index >= 15 is 0 Å². The van der Waals surface area contributed by atoms with Gasteiger partial charge in [0.05, 0.1) is 38.4 Å². The van der Waals surface area contributed by atoms with Crippen molar-refractivity contribution in [1.29, 1.82) is 0 Å². The molecule has 2 N–H and O–H groups in total. The monoisotopic (exact) mass is 509 g/mol. The normalized spacial score (nSPS) is 17.4. The summed E-state index contributed by atoms with van der Waals surface area (Å²) in [5, 5.41) is 20.8. The first kappa shape index (κ1) is 28.9. The Bertz CT molecular complexity index is 1190. The molecule has 2 atom stereocenters. The molecule has 200 valence electrons. The van der Waals surface area contributed by atoms with E-state index in [9.17, 15) is 39.0 Å². The van der Waals surface area contributed by atoms with E-state index < -0.39 is 65.6 Å². The van der Waals surface area contributed by atoms with Crippen LogP contribution in [0, 0.1) is 5.41 Å². The van der Waals surface area contributed by atoms with Gasteiger partial charge in [0.2, 0.25) is 11.8 Å². The first-order chi connectivity index (χ1) is 16.9. The van der Waals surface area contributed by atoms with E-state index in [0.29, 0.717) is 9.13 Å². The van der Waals surface area contributed by atoms with E-state index in [1.54, 1.807) is 27.7 Å². The number of barbiturate groups is 1. The van der Waals surface area contributed by atoms with Crippen LogP contribution in [0.2, 0.25) is 0 Å². The number of rotatable bonds is 12. The second-order valence-corrected chi connectivity index (χ2v) is 8.72. The Morgan fingerprint density at radius 2 is 1.22 bits per heavy atom. The van der Waals surface area contributed by atoms with Gasteiger partial charge in [-0.15, -0.1) is 6.58 Å². The summed E-state index contributed by atoms with van der Waals surface area (Å²) >= 11 is 0. The number of aromatic nitrogens is 3. The van der Waals surface area contributed by atoms with E-state index in [4.69, 9.17) is 0 Å². The largest absolute Gasteiger partial charge is 0.391 e. The second-order valence-electron chi connectivity index (χ2n) is 8.72. The fourth-order valence-corrected chi connectivity index (χ4v) is 4.32. The van der Waals surface area contributed by atoms with Gasteiger partial charge >= 0.3 is 23.1 Å². The van der Waals surface area contributed by atoms with Crippen molar-refractivity contribution in [2.45, 2.75) is 78.8 Å². The number of urea groups is 1. The van der Waals surface area contributed by atoms with Crippen molar-refractivity contribution in [1.82, 2.24) is 23.5 Å². The van der Waals surface area contributed by atoms with Crippen LogP contribution in [0.15, 0.2) is 27.0 Å². The zero-order valence-corrected chi connectivity index (χ0v) is 21.2. The minimum atomic E-state index is -1.57. The van der Waals surface area contributed by atoms with Crippen LogP contribution in [0.25, 0.3) is 0 Å². The van der Waals surface area contributed by atoms with Crippen molar-refractivity contribution in [2.24, 2.45) is 5.41 Å². The molecule has 0 spiro atoms. The predicted molar refractivity (Wildman–Crippen MR) is 129 cm³/mol. The van der Waals surface area contributed by atoms with Gasteiger partial charge in [-0.2, -0.15) is 0 Å². The number of allylic oxidation sites excluding steroid dienone is 1. The Morgan fingerprint density at radius 1 is 0.750 bits per heavy atom. The van der Waals surface area contributed by atoms with Crippen LogP contribution in [-0.4, -0.2) is 76.9 Å². The molecule has 0 aliphatic carbocycles. The molecule has 1 aromatic heterocycles. The molecule has 2 unspecified atom stereocenters. The van der Waals surface area contributed by atoms with Crippen molar-refractivity contribution in [3.05, 3.63) is 44.1 Å². The van der Waals surface area contributed by atoms with Gasteiger partial charge in [-0.1, -0.05) is 26.8 Å². The van der Waals surface area contributed by atoms with Gasteiger partial charge in [-0.25, -0.2) is 32.9 Å². The maximum absolute atomic E-state index is 13.2. The number of amides is 4. The third kappa shape index (κ3) is 4.98. The third-order valence-electron chi connectivity index (χ3n) is 6.64. The number of aliphatic hydroxyl groups excluding tert-OH is 2. The highest BCUT2D eigenvalue weighted by molar-refractivity contribution is 6.19. The summed E-state index contributed by atoms with van der Waals surface area (Å²) in [6.07, 6.45) is -0.772. The number of nitrogens with zero attached hydrogens (tertiary/aromatic N) is 5. The lowest BCUT2D eigenvalue weighted by molar-refractivity contribution is -0.160. The molecule has 4 amide bonds. The average molecular weight is 510 g/mol. The molecule has 2 heterocycles. The average Bonchev–Trinajstić information content (AvgIpc) is 2.86. The number of carbonyl (C=O) groups excluding carboxylic acids is 3. The molecule has 1 saturated heterocycles. The van der Waals surface area contributed by atoms with Crippen LogP contribution in [0.1, 0.15) is 47.0 Å². The van der Waals surface area contributed by atoms with Crippen molar-refractivity contribution in [3.8, 4) is 0 Å². The summed E-state index contributed by atoms with van der Waals surface area (Å²) in [5.74, 6) is -1.35. The van der Waals surface area contributed by atoms with Gasteiger partial charge in [-0.3, -0.25) is 19.4 Å². The van der Waals surface area contributed by atoms with Crippen LogP contribution in [0.4, 0.5) is 4.79 Å². The number of imide groups is 2. The minimum Gasteiger partial charge on any atom is -0.391 e. The van der Waals surface area contributed by atoms with E-state index in [0.717, 1.165) is 14.4 Å². The molecule has 1 fully saturated rings. The molecular formula is C23H35N5O8. The summed E-state index contributed by atoms with van der Waals surface area (Å²) in [6, 6.07) is -0.892. The lowest BCUT2D eigenvalue weighted by Crippen LogP contribution is -2.66. The Kier molecular flexibility index (Phi) is 9.32. The Hall–Kier alpha value is -3.32. The lowest BCUT2D eigenvalue weighted by atomic mass is 9.78. The van der Waals surface area contributed by atoms with Crippen molar-refractivity contribution < 1.29 is 24.6 Å². The zero-order chi connectivity index (χ0) is 27.4. The topological polar surface area (TPSA) is 164 Å². The molecule has 2 rings (SSSR count). The molecular weight excluding hydrogens is 474 g/mol. The van der Waals surface area contributed by atoms with Gasteiger partial charge in [0.1, 0.15) is 5.41 Å². The number of β-amino-alcohol motifs (C(OH)–C–C–N with tert-alkyl or cyclic N) is 1. The van der Waals surface area contributed by atoms with Crippen LogP contribution >= 0.6 is 0 Å². The smallest absolute Gasteiger partial charge is 0.336 e. The summed E-state index contributed by atoms with van der Waals surface area (Å²) in [7, 11) is 0. The van der Waals surface area contributed by atoms with Gasteiger partial charge in [0.25, 0.3) is 0 Å². The highest BCUT2D eigenvalue weighted by Crippen LogP contribution is 2.36. The molecule has 1 aliphatic rings. The summed E-state index contributed by atoms with van der Waals surface area (Å²) in [5.41, 5.74) is -4.45. The molecule has 0 bridgehead atoms. The van der Waals surface area contributed by atoms with Crippen LogP contribution in [0.3, 0.4) is 0 Å². The van der Waals surface area contributed by atoms with E-state index in [1.807, 2.05) is 0 Å². The van der Waals surface area contributed by atoms with Gasteiger partial charge in [0.15, 0.2) is 0 Å². The molecule has 1 aliphatic heterocycles. The fourth-order valence-electron chi connectivity index (χ4n) is 4.32. The minimum absolute atomic E-state index is 0.0235. The molecule has 1 aromatic rings. The van der Waals surface area contributed by atoms with Crippen LogP contribution < -0.4 is 17.1 Å². The Morgan fingerprint density at radius 3 is 1.67 bits per heavy atom. The number of hydrogen-bond donors (Lipinski definition) is 2. The van der Waals surface area contributed by atoms with Crippen LogP contribution in [-0.2, 0) is 29.2 Å². The quantitative estimate of drug-likeness (QED) is 0.271. The maximum Gasteiger partial charge on any atom is 0.336 e. The van der Waals surface area contributed by atoms with Crippen molar-refractivity contribution in [2.75, 3.05) is 13.1 Å². The third-order valence-corrected chi connectivity index (χ3v) is 6.64. The van der Waals surface area contributed by atoms with Crippen molar-refractivity contribution >= 4 is 17.8 Å². The van der Waals surface area contributed by atoms with Gasteiger partial charge < -0.3 is 10.2 Å². The second kappa shape index (κ2) is 11.6. The maximum atomic E-state index is 13.2. The Balaban J connectivity index is 2.49. The van der Waals surface area contributed by atoms with Gasteiger partial charge in [0, 0.05) is 6.54 Å². The molecule has 13 heteroatoms. The SMILES string of the molecule is C=CCn1c(=O)n(CC(O)CC)c(=O)n(CC(O)CN2C(=O)N(CC)C(=O)C(CC)(CC)C2=O)c1=O. The van der Waals surface area contributed by atoms with Crippen molar-refractivity contribution in [3.63, 3.8) is 0 Å². The molecule has 36 heavy (non-hydrogen) atoms. The Labute approximate surface area is 207 Å². The standard InChI is InChI=1S/C23H35N5O8/c1-6-11-25-20(34)27(12-15(29)7-2)22(36)28(21(25)35)14-16(30)13-26-18(32)23(8-3,9-4)17(31)24(10-5)19(26)33/h6,15-16,29-30H,1,7-14H2,2-5H3. The van der Waals surface area contributed by atoms with Gasteiger partial charge in [-0.05, 0) is 26.2 Å². The molecule has 0 saturated carbocycles. The summed E-state index contributed by atoms with van der Waals surface area (Å²) in [6.45, 7) is 8.28. The highest BCUT2D eigenvalue weighted by atomic mass is 16.3. The van der Waals surface area contributed by atoms with Crippen LogP contribution in [0.5, 0.6) is 0 Å². The molecule has 0 aromatic carbocycles. The fraction of sp³-hybridized carbons (Fsp3) is 0.652. The summed E-state index contributed by atoms with van der Waals surface area (Å²) in [4.78, 5) is 79.3. The molecule has 0 radical (unpaired) electrons.